The zero-order chi connectivity index (χ0) is 24.3. The largest absolute Gasteiger partial charge is 0.284 e. The number of halogens is 1. The third-order valence-corrected chi connectivity index (χ3v) is 8.63. The Labute approximate surface area is 202 Å². The minimum atomic E-state index is -3.60. The smallest absolute Gasteiger partial charge is 0.229 e. The summed E-state index contributed by atoms with van der Waals surface area (Å²) in [5.41, 5.74) is 4.06. The monoisotopic (exact) mass is 496 g/mol. The fourth-order valence-electron chi connectivity index (χ4n) is 3.67. The topological polar surface area (TPSA) is 67.3 Å². The van der Waals surface area contributed by atoms with Crippen LogP contribution in [0.15, 0.2) is 71.6 Å². The number of amides is 1. The van der Waals surface area contributed by atoms with Gasteiger partial charge in [-0.15, -0.1) is 0 Å². The third kappa shape index (κ3) is 5.34. The summed E-state index contributed by atoms with van der Waals surface area (Å²) < 4.78 is 39.3. The number of carbonyl (C=O) groups is 1. The Morgan fingerprint density at radius 1 is 1.00 bits per heavy atom. The first kappa shape index (κ1) is 24.0. The molecular formula is C26H25FN2O3S2. The van der Waals surface area contributed by atoms with Gasteiger partial charge in [0.2, 0.25) is 5.91 Å². The van der Waals surface area contributed by atoms with Crippen LogP contribution in [-0.4, -0.2) is 25.1 Å². The summed E-state index contributed by atoms with van der Waals surface area (Å²) in [7, 11) is -3.60. The lowest BCUT2D eigenvalue weighted by atomic mass is 10.1. The lowest BCUT2D eigenvalue weighted by molar-refractivity contribution is -0.118. The lowest BCUT2D eigenvalue weighted by Gasteiger charge is -2.20. The van der Waals surface area contributed by atoms with Gasteiger partial charge >= 0.3 is 0 Å². The number of sulfone groups is 1. The predicted molar refractivity (Wildman–Crippen MR) is 134 cm³/mol. The number of nitrogens with zero attached hydrogens (tertiary/aromatic N) is 2. The Balaban J connectivity index is 1.55. The molecule has 0 saturated heterocycles. The average Bonchev–Trinajstić information content (AvgIpc) is 3.25. The van der Waals surface area contributed by atoms with Crippen molar-refractivity contribution in [1.82, 2.24) is 4.98 Å². The van der Waals surface area contributed by atoms with Crippen LogP contribution in [-0.2, 0) is 21.2 Å². The molecule has 4 aromatic rings. The number of rotatable bonds is 8. The molecule has 0 aliphatic heterocycles. The van der Waals surface area contributed by atoms with Crippen LogP contribution in [0.25, 0.3) is 10.2 Å². The molecule has 176 valence electrons. The Kier molecular flexibility index (Phi) is 7.09. The van der Waals surface area contributed by atoms with Gasteiger partial charge in [0.1, 0.15) is 5.82 Å². The molecule has 0 saturated carbocycles. The highest BCUT2D eigenvalue weighted by Crippen LogP contribution is 2.33. The average molecular weight is 497 g/mol. The molecule has 0 spiro atoms. The van der Waals surface area contributed by atoms with E-state index in [4.69, 9.17) is 4.98 Å². The SMILES string of the molecule is Cc1ccc2sc(N(Cc3ccccc3)C(=O)CCCS(=O)(=O)c3ccc(F)cc3)nc2c1C. The van der Waals surface area contributed by atoms with Gasteiger partial charge in [-0.1, -0.05) is 47.7 Å². The Morgan fingerprint density at radius 2 is 1.71 bits per heavy atom. The number of benzene rings is 3. The maximum Gasteiger partial charge on any atom is 0.229 e. The van der Waals surface area contributed by atoms with Crippen molar-refractivity contribution in [3.8, 4) is 0 Å². The van der Waals surface area contributed by atoms with E-state index in [1.807, 2.05) is 56.3 Å². The van der Waals surface area contributed by atoms with E-state index in [-0.39, 0.29) is 29.4 Å². The number of anilines is 1. The molecule has 0 aliphatic rings. The van der Waals surface area contributed by atoms with E-state index in [0.717, 1.165) is 39.0 Å². The molecule has 0 unspecified atom stereocenters. The van der Waals surface area contributed by atoms with Gasteiger partial charge in [-0.2, -0.15) is 0 Å². The van der Waals surface area contributed by atoms with Gasteiger partial charge < -0.3 is 0 Å². The lowest BCUT2D eigenvalue weighted by Crippen LogP contribution is -2.30. The Morgan fingerprint density at radius 3 is 2.41 bits per heavy atom. The molecule has 34 heavy (non-hydrogen) atoms. The van der Waals surface area contributed by atoms with Gasteiger partial charge in [0.05, 0.1) is 27.4 Å². The predicted octanol–water partition coefficient (Wildman–Crippen LogP) is 5.84. The van der Waals surface area contributed by atoms with Crippen LogP contribution < -0.4 is 4.90 Å². The number of hydrogen-bond donors (Lipinski definition) is 0. The molecule has 3 aromatic carbocycles. The maximum absolute atomic E-state index is 13.3. The molecule has 0 atom stereocenters. The number of thiazole rings is 1. The van der Waals surface area contributed by atoms with Crippen LogP contribution in [0.5, 0.6) is 0 Å². The zero-order valence-corrected chi connectivity index (χ0v) is 20.6. The van der Waals surface area contributed by atoms with Crippen molar-refractivity contribution in [3.63, 3.8) is 0 Å². The van der Waals surface area contributed by atoms with Crippen LogP contribution in [0, 0.1) is 19.7 Å². The first-order chi connectivity index (χ1) is 16.2. The van der Waals surface area contributed by atoms with Crippen LogP contribution >= 0.6 is 11.3 Å². The number of aryl methyl sites for hydroxylation is 2. The van der Waals surface area contributed by atoms with E-state index in [1.165, 1.54) is 23.5 Å². The molecule has 4 rings (SSSR count). The standard InChI is InChI=1S/C26H25FN2O3S2/c1-18-10-15-23-25(19(18)2)28-26(33-23)29(17-20-7-4-3-5-8-20)24(30)9-6-16-34(31,32)22-13-11-21(27)12-14-22/h3-5,7-8,10-15H,6,9,16-17H2,1-2H3. The van der Waals surface area contributed by atoms with Crippen molar-refractivity contribution >= 4 is 42.4 Å². The second kappa shape index (κ2) is 10.0. The van der Waals surface area contributed by atoms with Crippen LogP contribution in [0.4, 0.5) is 9.52 Å². The minimum Gasteiger partial charge on any atom is -0.284 e. The van der Waals surface area contributed by atoms with Crippen molar-refractivity contribution < 1.29 is 17.6 Å². The summed E-state index contributed by atoms with van der Waals surface area (Å²) in [4.78, 5) is 19.8. The summed E-state index contributed by atoms with van der Waals surface area (Å²) >= 11 is 1.45. The molecule has 0 aliphatic carbocycles. The van der Waals surface area contributed by atoms with E-state index < -0.39 is 15.7 Å². The van der Waals surface area contributed by atoms with Gasteiger partial charge in [-0.25, -0.2) is 17.8 Å². The molecule has 8 heteroatoms. The summed E-state index contributed by atoms with van der Waals surface area (Å²) in [5, 5.41) is 0.596. The van der Waals surface area contributed by atoms with Crippen molar-refractivity contribution in [3.05, 3.63) is 89.2 Å². The second-order valence-electron chi connectivity index (χ2n) is 8.19. The summed E-state index contributed by atoms with van der Waals surface area (Å²) in [6, 6.07) is 18.4. The highest BCUT2D eigenvalue weighted by atomic mass is 32.2. The fourth-order valence-corrected chi connectivity index (χ4v) is 6.02. The number of aromatic nitrogens is 1. The molecule has 5 nitrogen and oxygen atoms in total. The van der Waals surface area contributed by atoms with Crippen molar-refractivity contribution in [2.24, 2.45) is 0 Å². The van der Waals surface area contributed by atoms with Crippen LogP contribution in [0.1, 0.15) is 29.5 Å². The fraction of sp³-hybridized carbons (Fsp3) is 0.231. The van der Waals surface area contributed by atoms with E-state index in [1.54, 1.807) is 4.90 Å². The highest BCUT2D eigenvalue weighted by Gasteiger charge is 2.22. The minimum absolute atomic E-state index is 0.0551. The van der Waals surface area contributed by atoms with Crippen molar-refractivity contribution in [1.29, 1.82) is 0 Å². The van der Waals surface area contributed by atoms with E-state index in [9.17, 15) is 17.6 Å². The van der Waals surface area contributed by atoms with Gasteiger partial charge in [-0.05, 0) is 67.3 Å². The Bertz CT molecular complexity index is 1420. The summed E-state index contributed by atoms with van der Waals surface area (Å²) in [6.45, 7) is 4.40. The number of fused-ring (bicyclic) bond motifs is 1. The van der Waals surface area contributed by atoms with Gasteiger partial charge in [0.15, 0.2) is 15.0 Å². The van der Waals surface area contributed by atoms with Crippen LogP contribution in [0.3, 0.4) is 0 Å². The molecular weight excluding hydrogens is 471 g/mol. The van der Waals surface area contributed by atoms with Crippen LogP contribution in [0.2, 0.25) is 0 Å². The third-order valence-electron chi connectivity index (χ3n) is 5.77. The van der Waals surface area contributed by atoms with Gasteiger partial charge in [-0.3, -0.25) is 9.69 Å². The molecule has 0 radical (unpaired) electrons. The first-order valence-corrected chi connectivity index (χ1v) is 13.4. The molecule has 1 heterocycles. The van der Waals surface area contributed by atoms with Gasteiger partial charge in [0, 0.05) is 6.42 Å². The molecule has 0 fully saturated rings. The maximum atomic E-state index is 13.3. The van der Waals surface area contributed by atoms with Crippen molar-refractivity contribution in [2.75, 3.05) is 10.7 Å². The highest BCUT2D eigenvalue weighted by molar-refractivity contribution is 7.91. The summed E-state index contributed by atoms with van der Waals surface area (Å²) in [5.74, 6) is -0.875. The summed E-state index contributed by atoms with van der Waals surface area (Å²) in [6.07, 6.45) is 0.216. The normalized spacial score (nSPS) is 11.6. The van der Waals surface area contributed by atoms with E-state index in [0.29, 0.717) is 11.7 Å². The molecule has 0 N–H and O–H groups in total. The molecule has 1 amide bonds. The van der Waals surface area contributed by atoms with Gasteiger partial charge in [0.25, 0.3) is 0 Å². The Hall–Kier alpha value is -3.10. The van der Waals surface area contributed by atoms with Crippen molar-refractivity contribution in [2.45, 2.75) is 38.1 Å². The van der Waals surface area contributed by atoms with E-state index >= 15 is 0 Å². The van der Waals surface area contributed by atoms with E-state index in [2.05, 4.69) is 0 Å². The molecule has 0 bridgehead atoms. The molecule has 1 aromatic heterocycles. The number of hydrogen-bond acceptors (Lipinski definition) is 5. The number of carbonyl (C=O) groups excluding carboxylic acids is 1. The quantitative estimate of drug-likeness (QED) is 0.288. The second-order valence-corrected chi connectivity index (χ2v) is 11.3. The first-order valence-electron chi connectivity index (χ1n) is 10.9. The zero-order valence-electron chi connectivity index (χ0n) is 19.0.